The number of rotatable bonds is 9. The predicted molar refractivity (Wildman–Crippen MR) is 85.0 cm³/mol. The van der Waals surface area contributed by atoms with Crippen LogP contribution in [0.25, 0.3) is 0 Å². The third-order valence-corrected chi connectivity index (χ3v) is 3.95. The van der Waals surface area contributed by atoms with Gasteiger partial charge in [-0.3, -0.25) is 0 Å². The first-order valence-corrected chi connectivity index (χ1v) is 8.05. The summed E-state index contributed by atoms with van der Waals surface area (Å²) in [6.07, 6.45) is 3.86. The van der Waals surface area contributed by atoms with Gasteiger partial charge < -0.3 is 10.1 Å². The second-order valence-electron chi connectivity index (χ2n) is 6.56. The molecular weight excluding hydrogens is 246 g/mol. The fourth-order valence-corrected chi connectivity index (χ4v) is 2.20. The maximum absolute atomic E-state index is 5.71. The van der Waals surface area contributed by atoms with E-state index in [1.54, 1.807) is 0 Å². The number of hydrogen-bond acceptors (Lipinski definition) is 2. The highest BCUT2D eigenvalue weighted by Gasteiger charge is 2.21. The molecule has 0 bridgehead atoms. The Hall–Kier alpha value is -0.860. The molecule has 112 valence electrons. The second-order valence-corrected chi connectivity index (χ2v) is 6.56. The molecule has 1 unspecified atom stereocenters. The molecule has 1 N–H and O–H groups in total. The molecule has 0 amide bonds. The smallest absolute Gasteiger partial charge is 0.0716 e. The minimum Gasteiger partial charge on any atom is -0.377 e. The summed E-state index contributed by atoms with van der Waals surface area (Å²) < 4.78 is 5.71. The first-order chi connectivity index (χ1) is 9.65. The molecule has 1 saturated carbocycles. The van der Waals surface area contributed by atoms with E-state index in [0.29, 0.717) is 5.92 Å². The Bertz CT molecular complexity index is 381. The van der Waals surface area contributed by atoms with Crippen LogP contribution in [0.3, 0.4) is 0 Å². The van der Waals surface area contributed by atoms with E-state index < -0.39 is 0 Å². The standard InChI is InChI=1S/C18H29NO/c1-14(2)10-11-20-13-16-4-6-17(7-5-16)15(3)12-19-18-8-9-18/h4-7,14-15,18-19H,8-13H2,1-3H3. The van der Waals surface area contributed by atoms with E-state index in [4.69, 9.17) is 4.74 Å². The lowest BCUT2D eigenvalue weighted by molar-refractivity contribution is 0.110. The molecule has 2 rings (SSSR count). The third-order valence-electron chi connectivity index (χ3n) is 3.95. The van der Waals surface area contributed by atoms with Crippen molar-refractivity contribution >= 4 is 0 Å². The summed E-state index contributed by atoms with van der Waals surface area (Å²) in [5.74, 6) is 1.31. The van der Waals surface area contributed by atoms with Gasteiger partial charge in [-0.25, -0.2) is 0 Å². The molecule has 1 aromatic carbocycles. The average Bonchev–Trinajstić information content (AvgIpc) is 3.25. The van der Waals surface area contributed by atoms with Crippen LogP contribution >= 0.6 is 0 Å². The van der Waals surface area contributed by atoms with Gasteiger partial charge in [0.2, 0.25) is 0 Å². The van der Waals surface area contributed by atoms with Crippen molar-refractivity contribution < 1.29 is 4.74 Å². The highest BCUT2D eigenvalue weighted by molar-refractivity contribution is 5.25. The number of hydrogen-bond donors (Lipinski definition) is 1. The molecule has 0 saturated heterocycles. The lowest BCUT2D eigenvalue weighted by Gasteiger charge is -2.13. The molecule has 1 aliphatic rings. The van der Waals surface area contributed by atoms with Crippen LogP contribution in [-0.2, 0) is 11.3 Å². The van der Waals surface area contributed by atoms with E-state index in [-0.39, 0.29) is 0 Å². The molecule has 0 heterocycles. The van der Waals surface area contributed by atoms with Gasteiger partial charge in [-0.1, -0.05) is 45.0 Å². The molecule has 0 aliphatic heterocycles. The molecule has 0 spiro atoms. The van der Waals surface area contributed by atoms with Crippen molar-refractivity contribution in [2.45, 2.75) is 58.6 Å². The lowest BCUT2D eigenvalue weighted by Crippen LogP contribution is -2.21. The summed E-state index contributed by atoms with van der Waals surface area (Å²) in [5.41, 5.74) is 2.70. The Kier molecular flexibility index (Phi) is 6.06. The van der Waals surface area contributed by atoms with Gasteiger partial charge in [0.1, 0.15) is 0 Å². The average molecular weight is 275 g/mol. The van der Waals surface area contributed by atoms with E-state index in [1.807, 2.05) is 0 Å². The van der Waals surface area contributed by atoms with Gasteiger partial charge in [0.05, 0.1) is 6.61 Å². The fourth-order valence-electron chi connectivity index (χ4n) is 2.20. The van der Waals surface area contributed by atoms with Crippen molar-refractivity contribution in [2.24, 2.45) is 5.92 Å². The van der Waals surface area contributed by atoms with E-state index >= 15 is 0 Å². The molecular formula is C18H29NO. The summed E-state index contributed by atoms with van der Waals surface area (Å²) in [5, 5.41) is 3.60. The predicted octanol–water partition coefficient (Wildman–Crippen LogP) is 4.10. The Morgan fingerprint density at radius 2 is 1.85 bits per heavy atom. The maximum atomic E-state index is 5.71. The van der Waals surface area contributed by atoms with Crippen molar-refractivity contribution in [3.05, 3.63) is 35.4 Å². The SMILES string of the molecule is CC(C)CCOCc1ccc(C(C)CNC2CC2)cc1. The van der Waals surface area contributed by atoms with Crippen molar-refractivity contribution in [1.82, 2.24) is 5.32 Å². The molecule has 0 radical (unpaired) electrons. The summed E-state index contributed by atoms with van der Waals surface area (Å²) in [6.45, 7) is 9.45. The quantitative estimate of drug-likeness (QED) is 0.685. The van der Waals surface area contributed by atoms with Crippen LogP contribution in [0.4, 0.5) is 0 Å². The van der Waals surface area contributed by atoms with Crippen LogP contribution in [0.5, 0.6) is 0 Å². The Morgan fingerprint density at radius 1 is 1.15 bits per heavy atom. The van der Waals surface area contributed by atoms with Gasteiger partial charge in [-0.05, 0) is 42.2 Å². The van der Waals surface area contributed by atoms with Gasteiger partial charge >= 0.3 is 0 Å². The van der Waals surface area contributed by atoms with Crippen LogP contribution in [-0.4, -0.2) is 19.2 Å². The molecule has 1 aliphatic carbocycles. The van der Waals surface area contributed by atoms with E-state index in [2.05, 4.69) is 50.4 Å². The topological polar surface area (TPSA) is 21.3 Å². The van der Waals surface area contributed by atoms with Crippen LogP contribution in [0.2, 0.25) is 0 Å². The monoisotopic (exact) mass is 275 g/mol. The van der Waals surface area contributed by atoms with Gasteiger partial charge in [0.25, 0.3) is 0 Å². The van der Waals surface area contributed by atoms with Crippen LogP contribution in [0.15, 0.2) is 24.3 Å². The minimum atomic E-state index is 0.589. The highest BCUT2D eigenvalue weighted by Crippen LogP contribution is 2.21. The first kappa shape index (κ1) is 15.5. The molecule has 2 heteroatoms. The van der Waals surface area contributed by atoms with Crippen LogP contribution in [0.1, 0.15) is 57.1 Å². The number of ether oxygens (including phenoxy) is 1. The number of benzene rings is 1. The zero-order valence-electron chi connectivity index (χ0n) is 13.2. The molecule has 2 nitrogen and oxygen atoms in total. The highest BCUT2D eigenvalue weighted by atomic mass is 16.5. The van der Waals surface area contributed by atoms with Crippen molar-refractivity contribution in [2.75, 3.05) is 13.2 Å². The second kappa shape index (κ2) is 7.80. The summed E-state index contributed by atoms with van der Waals surface area (Å²) >= 11 is 0. The number of nitrogens with one attached hydrogen (secondary N) is 1. The maximum Gasteiger partial charge on any atom is 0.0716 e. The fraction of sp³-hybridized carbons (Fsp3) is 0.667. The van der Waals surface area contributed by atoms with Gasteiger partial charge in [-0.15, -0.1) is 0 Å². The molecule has 1 atom stereocenters. The zero-order valence-corrected chi connectivity index (χ0v) is 13.2. The van der Waals surface area contributed by atoms with Crippen molar-refractivity contribution in [3.8, 4) is 0 Å². The molecule has 1 aromatic rings. The normalized spacial score (nSPS) is 16.6. The largest absolute Gasteiger partial charge is 0.377 e. The summed E-state index contributed by atoms with van der Waals surface area (Å²) in [7, 11) is 0. The van der Waals surface area contributed by atoms with Crippen molar-refractivity contribution in [1.29, 1.82) is 0 Å². The molecule has 1 fully saturated rings. The van der Waals surface area contributed by atoms with Crippen LogP contribution < -0.4 is 5.32 Å². The van der Waals surface area contributed by atoms with Crippen LogP contribution in [0, 0.1) is 5.92 Å². The minimum absolute atomic E-state index is 0.589. The lowest BCUT2D eigenvalue weighted by atomic mass is 10.00. The Morgan fingerprint density at radius 3 is 2.45 bits per heavy atom. The Balaban J connectivity index is 1.70. The Labute approximate surface area is 123 Å². The van der Waals surface area contributed by atoms with E-state index in [0.717, 1.165) is 38.1 Å². The van der Waals surface area contributed by atoms with E-state index in [1.165, 1.54) is 24.0 Å². The van der Waals surface area contributed by atoms with Crippen molar-refractivity contribution in [3.63, 3.8) is 0 Å². The summed E-state index contributed by atoms with van der Waals surface area (Å²) in [6, 6.07) is 9.71. The zero-order chi connectivity index (χ0) is 14.4. The molecule has 20 heavy (non-hydrogen) atoms. The van der Waals surface area contributed by atoms with Gasteiger partial charge in [0.15, 0.2) is 0 Å². The van der Waals surface area contributed by atoms with E-state index in [9.17, 15) is 0 Å². The van der Waals surface area contributed by atoms with Gasteiger partial charge in [0, 0.05) is 19.2 Å². The summed E-state index contributed by atoms with van der Waals surface area (Å²) in [4.78, 5) is 0. The first-order valence-electron chi connectivity index (χ1n) is 8.05. The third kappa shape index (κ3) is 5.64. The van der Waals surface area contributed by atoms with Gasteiger partial charge in [-0.2, -0.15) is 0 Å². The molecule has 0 aromatic heterocycles.